The summed E-state index contributed by atoms with van der Waals surface area (Å²) in [5.41, 5.74) is 27.3. The van der Waals surface area contributed by atoms with Crippen molar-refractivity contribution in [3.05, 3.63) is 378 Å². The van der Waals surface area contributed by atoms with Crippen molar-refractivity contribution in [3.8, 4) is 0 Å². The normalized spacial score (nSPS) is 12.3. The van der Waals surface area contributed by atoms with E-state index in [0.717, 1.165) is 109 Å². The maximum absolute atomic E-state index is 5.16. The fraction of sp³-hybridized carbons (Fsp3) is 0.0909. The summed E-state index contributed by atoms with van der Waals surface area (Å²) in [6.45, 7) is 17.1. The van der Waals surface area contributed by atoms with Gasteiger partial charge in [0.2, 0.25) is 0 Å². The molecule has 0 bridgehead atoms. The molecule has 456 valence electrons. The number of hydrogen-bond donors (Lipinski definition) is 4. The molecule has 12 rings (SSSR count). The quantitative estimate of drug-likeness (QED) is 0.0414. The molecule has 0 aliphatic carbocycles. The van der Waals surface area contributed by atoms with Crippen molar-refractivity contribution in [2.45, 2.75) is 75.0 Å². The van der Waals surface area contributed by atoms with Crippen molar-refractivity contribution in [1.29, 1.82) is 0 Å². The Morgan fingerprint density at radius 2 is 0.387 bits per heavy atom. The third kappa shape index (κ3) is 14.6. The summed E-state index contributed by atoms with van der Waals surface area (Å²) in [5.74, 6) is 0. The first-order chi connectivity index (χ1) is 44.9. The molecule has 0 aliphatic heterocycles. The third-order valence-electron chi connectivity index (χ3n) is 17.8. The van der Waals surface area contributed by atoms with Gasteiger partial charge in [-0.05, 0) is 0 Å². The van der Waals surface area contributed by atoms with E-state index >= 15 is 0 Å². The fourth-order valence-corrected chi connectivity index (χ4v) is 27.6. The maximum atomic E-state index is 5.16. The predicted octanol–water partition coefficient (Wildman–Crippen LogP) is 21.0. The molecule has 0 saturated carbocycles. The Kier molecular flexibility index (Phi) is 19.9. The summed E-state index contributed by atoms with van der Waals surface area (Å²) in [6, 6.07) is 100.0. The van der Waals surface area contributed by atoms with E-state index in [-0.39, 0.29) is 0 Å². The molecule has 0 fully saturated rings. The van der Waals surface area contributed by atoms with Gasteiger partial charge in [0.05, 0.1) is 0 Å². The molecule has 5 heteroatoms. The van der Waals surface area contributed by atoms with Gasteiger partial charge in [-0.3, -0.25) is 0 Å². The summed E-state index contributed by atoms with van der Waals surface area (Å²) in [6.07, 6.45) is 9.26. The summed E-state index contributed by atoms with van der Waals surface area (Å²) in [4.78, 5) is 3.76. The van der Waals surface area contributed by atoms with Crippen LogP contribution < -0.4 is 14.3 Å². The average molecular weight is 1380 g/mol. The zero-order valence-electron chi connectivity index (χ0n) is 54.0. The Bertz CT molecular complexity index is 4190. The first-order valence-electron chi connectivity index (χ1n) is 31.7. The second kappa shape index (κ2) is 28.6. The van der Waals surface area contributed by atoms with Crippen molar-refractivity contribution in [1.82, 2.24) is 0 Å². The molecule has 0 N–H and O–H groups in total. The van der Waals surface area contributed by atoms with E-state index in [9.17, 15) is 0 Å². The predicted molar refractivity (Wildman–Crippen MR) is 416 cm³/mol. The van der Waals surface area contributed by atoms with Gasteiger partial charge >= 0.3 is 583 Å². The first kappa shape index (κ1) is 64.9. The number of thiol groups is 4. The molecule has 12 aromatic carbocycles. The second-order valence-corrected chi connectivity index (χ2v) is 37.8. The summed E-state index contributed by atoms with van der Waals surface area (Å²) in [5, 5.41) is 0. The molecule has 0 radical (unpaired) electrons. The van der Waals surface area contributed by atoms with Crippen LogP contribution in [0.4, 0.5) is 0 Å². The molecule has 0 saturated heterocycles. The van der Waals surface area contributed by atoms with Crippen LogP contribution >= 0.6 is 50.5 Å². The van der Waals surface area contributed by atoms with Crippen LogP contribution in [0.25, 0.3) is 46.6 Å². The Labute approximate surface area is 577 Å². The topological polar surface area (TPSA) is 0 Å². The van der Waals surface area contributed by atoms with Crippen LogP contribution in [0.3, 0.4) is 0 Å². The van der Waals surface area contributed by atoms with Gasteiger partial charge < -0.3 is 0 Å². The van der Waals surface area contributed by atoms with Crippen LogP contribution in [0.1, 0.15) is 111 Å². The van der Waals surface area contributed by atoms with Crippen molar-refractivity contribution < 1.29 is 0 Å². The summed E-state index contributed by atoms with van der Waals surface area (Å²) >= 11 is 16.0. The zero-order valence-corrected chi connectivity index (χ0v) is 60.4. The van der Waals surface area contributed by atoms with Gasteiger partial charge in [-0.1, -0.05) is 0 Å². The second-order valence-electron chi connectivity index (χ2n) is 25.0. The molecule has 0 unspecified atom stereocenters. The van der Waals surface area contributed by atoms with Crippen molar-refractivity contribution in [2.75, 3.05) is 0 Å². The van der Waals surface area contributed by atoms with E-state index in [2.05, 4.69) is 347 Å². The van der Waals surface area contributed by atoms with Gasteiger partial charge in [0.1, 0.15) is 0 Å². The Morgan fingerprint density at radius 3 is 0.559 bits per heavy atom. The molecule has 0 aliphatic rings. The minimum atomic E-state index is -4.65. The third-order valence-corrected chi connectivity index (χ3v) is 33.0. The van der Waals surface area contributed by atoms with Crippen LogP contribution in [0.5, 0.6) is 0 Å². The Morgan fingerprint density at radius 1 is 0.215 bits per heavy atom. The van der Waals surface area contributed by atoms with Gasteiger partial charge in [0.25, 0.3) is 0 Å². The Hall–Kier alpha value is -8.20. The minimum absolute atomic E-state index is 0.940. The van der Waals surface area contributed by atoms with Gasteiger partial charge in [-0.2, -0.15) is 0 Å². The van der Waals surface area contributed by atoms with Crippen LogP contribution in [-0.2, 0) is 0 Å². The van der Waals surface area contributed by atoms with Crippen molar-refractivity contribution in [2.24, 2.45) is 0 Å². The molecule has 93 heavy (non-hydrogen) atoms. The number of benzene rings is 12. The van der Waals surface area contributed by atoms with Gasteiger partial charge in [-0.15, -0.1) is 0 Å². The molecule has 0 heterocycles. The summed E-state index contributed by atoms with van der Waals surface area (Å²) in [7, 11) is 0. The van der Waals surface area contributed by atoms with Gasteiger partial charge in [0, 0.05) is 0 Å². The molecular weight excluding hydrogens is 1300 g/mol. The average Bonchev–Trinajstić information content (AvgIpc) is 0.733. The monoisotopic (exact) mass is 1380 g/mol. The number of rotatable bonds is 16. The molecule has 0 aromatic heterocycles. The van der Waals surface area contributed by atoms with E-state index < -0.39 is 18.4 Å². The van der Waals surface area contributed by atoms with E-state index in [1.54, 1.807) is 0 Å². The van der Waals surface area contributed by atoms with Crippen LogP contribution in [0.15, 0.2) is 287 Å². The van der Waals surface area contributed by atoms with Crippen molar-refractivity contribution >= 4 is 130 Å². The van der Waals surface area contributed by atoms with E-state index in [0.29, 0.717) is 0 Å². The van der Waals surface area contributed by atoms with E-state index in [4.69, 9.17) is 50.5 Å². The first-order valence-corrected chi connectivity index (χ1v) is 39.2. The molecule has 0 amide bonds. The fourth-order valence-electron chi connectivity index (χ4n) is 12.7. The van der Waals surface area contributed by atoms with E-state index in [1.807, 2.05) is 0 Å². The molecule has 0 atom stereocenters. The number of hydrogen-bond acceptors (Lipinski definition) is 4. The van der Waals surface area contributed by atoms with E-state index in [1.165, 1.54) is 58.8 Å². The summed E-state index contributed by atoms with van der Waals surface area (Å²) < 4.78 is 5.26. The molecule has 0 spiro atoms. The van der Waals surface area contributed by atoms with Gasteiger partial charge in [0.15, 0.2) is 0 Å². The van der Waals surface area contributed by atoms with Crippen LogP contribution in [-0.4, -0.2) is 18.4 Å². The number of aryl methyl sites for hydroxylation is 8. The molecule has 0 nitrogen and oxygen atoms in total. The molecular formula is C88H76S4Sn. The van der Waals surface area contributed by atoms with Crippen LogP contribution in [0, 0.1) is 55.4 Å². The van der Waals surface area contributed by atoms with Gasteiger partial charge in [-0.25, -0.2) is 0 Å². The standard InChI is InChI=1S/4C22H19S.Sn/c4*1-16-8-11-18(12-9-16)15-21(19-6-4-3-5-7-19)20-13-10-17(2)14-22(20)23;/h4*4-15,23H,1-2H3;/b4*21-15+;. The molecule has 12 aromatic rings. The van der Waals surface area contributed by atoms with Crippen LogP contribution in [0.2, 0.25) is 0 Å². The van der Waals surface area contributed by atoms with Crippen molar-refractivity contribution in [3.63, 3.8) is 0 Å². The zero-order chi connectivity index (χ0) is 64.9. The SMILES string of the molecule is Cc1ccc(/C=C(\c2cc[c]([Sn]([c]3ccc(/C(=C\c4ccc(C)cc4)c4ccc(C)cc4S)cc3)([c]3ccc(/C(=C\c4ccc(C)cc4)c4ccc(C)cc4S)cc3)[c]3ccc(/C(=C\c4ccc(C)cc4)c4ccc(C)cc4S)cc3)cc2)c2ccc(C)cc2S)cc1. The Balaban J connectivity index is 1.12.